The molecule has 1 aromatic carbocycles. The minimum absolute atomic E-state index is 0.0974. The average Bonchev–Trinajstić information content (AvgIpc) is 3.02. The Morgan fingerprint density at radius 2 is 2.25 bits per heavy atom. The van der Waals surface area contributed by atoms with Crippen LogP contribution in [0.15, 0.2) is 22.7 Å². The third-order valence-corrected chi connectivity index (χ3v) is 4.35. The van der Waals surface area contributed by atoms with E-state index in [0.29, 0.717) is 23.0 Å². The van der Waals surface area contributed by atoms with E-state index in [1.165, 1.54) is 0 Å². The molecule has 1 aromatic heterocycles. The molecule has 2 heterocycles. The van der Waals surface area contributed by atoms with Crippen LogP contribution < -0.4 is 4.74 Å². The highest BCUT2D eigenvalue weighted by Crippen LogP contribution is 2.25. The number of methoxy groups -OCH3 is 1. The topological polar surface area (TPSA) is 78.4 Å². The smallest absolute Gasteiger partial charge is 0.245 e. The molecule has 0 bridgehead atoms. The van der Waals surface area contributed by atoms with Gasteiger partial charge in [0.15, 0.2) is 5.82 Å². The predicted molar refractivity (Wildman–Crippen MR) is 87.4 cm³/mol. The maximum Gasteiger partial charge on any atom is 0.245 e. The molecule has 1 aliphatic rings. The van der Waals surface area contributed by atoms with E-state index in [-0.39, 0.29) is 6.04 Å². The Morgan fingerprint density at radius 1 is 1.42 bits per heavy atom. The molecule has 3 rings (SSSR count). The molecule has 2 aromatic rings. The van der Waals surface area contributed by atoms with Gasteiger partial charge in [-0.3, -0.25) is 9.80 Å². The maximum atomic E-state index is 9.08. The Bertz CT molecular complexity index is 752. The van der Waals surface area contributed by atoms with Crippen molar-refractivity contribution in [2.75, 3.05) is 33.8 Å². The van der Waals surface area contributed by atoms with E-state index in [2.05, 4.69) is 33.1 Å². The van der Waals surface area contributed by atoms with Crippen LogP contribution in [0.25, 0.3) is 0 Å². The molecule has 7 heteroatoms. The minimum atomic E-state index is 0.0974. The number of piperazine rings is 1. The maximum absolute atomic E-state index is 9.08. The Morgan fingerprint density at radius 3 is 2.92 bits per heavy atom. The number of aromatic nitrogens is 2. The molecule has 126 valence electrons. The number of likely N-dealkylation sites (N-methyl/N-ethyl adjacent to an activating group) is 1. The highest BCUT2D eigenvalue weighted by molar-refractivity contribution is 5.45. The first kappa shape index (κ1) is 16.4. The van der Waals surface area contributed by atoms with E-state index >= 15 is 0 Å². The molecule has 1 saturated heterocycles. The van der Waals surface area contributed by atoms with Crippen LogP contribution >= 0.6 is 0 Å². The monoisotopic (exact) mass is 327 g/mol. The zero-order chi connectivity index (χ0) is 17.1. The van der Waals surface area contributed by atoms with Gasteiger partial charge < -0.3 is 9.26 Å². The van der Waals surface area contributed by atoms with Gasteiger partial charge in [0.1, 0.15) is 17.9 Å². The van der Waals surface area contributed by atoms with Crippen LogP contribution in [-0.2, 0) is 6.54 Å². The fourth-order valence-electron chi connectivity index (χ4n) is 2.97. The standard InChI is InChI=1S/C17H21N5O2/c1-12-19-17(24-20-12)15-11-22(7-6-21(15)2)10-13-4-5-14(9-18)16(8-13)23-3/h4-5,8,15H,6-7,10-11H2,1-3H3/t15-/m1/s1. The van der Waals surface area contributed by atoms with Crippen molar-refractivity contribution in [1.29, 1.82) is 5.26 Å². The molecule has 1 aliphatic heterocycles. The molecule has 0 saturated carbocycles. The molecule has 0 radical (unpaired) electrons. The van der Waals surface area contributed by atoms with Crippen LogP contribution in [0.4, 0.5) is 0 Å². The lowest BCUT2D eigenvalue weighted by molar-refractivity contribution is 0.0714. The lowest BCUT2D eigenvalue weighted by atomic mass is 10.1. The Balaban J connectivity index is 1.73. The minimum Gasteiger partial charge on any atom is -0.495 e. The molecule has 1 fully saturated rings. The van der Waals surface area contributed by atoms with Gasteiger partial charge in [-0.2, -0.15) is 10.2 Å². The summed E-state index contributed by atoms with van der Waals surface area (Å²) in [7, 11) is 3.66. The van der Waals surface area contributed by atoms with E-state index in [0.717, 1.165) is 31.7 Å². The van der Waals surface area contributed by atoms with Crippen LogP contribution in [-0.4, -0.2) is 53.7 Å². The number of ether oxygens (including phenoxy) is 1. The van der Waals surface area contributed by atoms with Crippen LogP contribution in [0, 0.1) is 18.3 Å². The summed E-state index contributed by atoms with van der Waals surface area (Å²) in [5, 5.41) is 13.0. The number of hydrogen-bond donors (Lipinski definition) is 0. The van der Waals surface area contributed by atoms with Crippen molar-refractivity contribution in [3.05, 3.63) is 41.0 Å². The van der Waals surface area contributed by atoms with E-state index in [1.807, 2.05) is 25.1 Å². The molecule has 0 amide bonds. The number of nitriles is 1. The van der Waals surface area contributed by atoms with Gasteiger partial charge in [-0.15, -0.1) is 0 Å². The first-order valence-electron chi connectivity index (χ1n) is 7.90. The van der Waals surface area contributed by atoms with Gasteiger partial charge in [-0.1, -0.05) is 11.2 Å². The van der Waals surface area contributed by atoms with Crippen molar-refractivity contribution in [1.82, 2.24) is 19.9 Å². The van der Waals surface area contributed by atoms with Gasteiger partial charge >= 0.3 is 0 Å². The van der Waals surface area contributed by atoms with Gasteiger partial charge in [0.25, 0.3) is 0 Å². The van der Waals surface area contributed by atoms with Crippen LogP contribution in [0.2, 0.25) is 0 Å². The molecule has 1 atom stereocenters. The molecular weight excluding hydrogens is 306 g/mol. The third kappa shape index (κ3) is 3.40. The quantitative estimate of drug-likeness (QED) is 0.846. The van der Waals surface area contributed by atoms with Crippen LogP contribution in [0.3, 0.4) is 0 Å². The van der Waals surface area contributed by atoms with Gasteiger partial charge in [0.05, 0.1) is 12.7 Å². The molecule has 0 aliphatic carbocycles. The fourth-order valence-corrected chi connectivity index (χ4v) is 2.97. The van der Waals surface area contributed by atoms with Gasteiger partial charge in [0.2, 0.25) is 5.89 Å². The van der Waals surface area contributed by atoms with Gasteiger partial charge in [0, 0.05) is 26.2 Å². The molecule has 0 N–H and O–H groups in total. The van der Waals surface area contributed by atoms with Crippen LogP contribution in [0.1, 0.15) is 28.9 Å². The zero-order valence-electron chi connectivity index (χ0n) is 14.2. The predicted octanol–water partition coefficient (Wildman–Crippen LogP) is 1.75. The summed E-state index contributed by atoms with van der Waals surface area (Å²) in [6.07, 6.45) is 0. The first-order chi connectivity index (χ1) is 11.6. The van der Waals surface area contributed by atoms with Gasteiger partial charge in [-0.05, 0) is 31.7 Å². The molecule has 0 spiro atoms. The number of nitrogens with zero attached hydrogens (tertiary/aromatic N) is 5. The molecule has 24 heavy (non-hydrogen) atoms. The summed E-state index contributed by atoms with van der Waals surface area (Å²) in [5.41, 5.74) is 1.68. The summed E-state index contributed by atoms with van der Waals surface area (Å²) in [4.78, 5) is 8.97. The number of aryl methyl sites for hydroxylation is 1. The lowest BCUT2D eigenvalue weighted by Crippen LogP contribution is -2.46. The lowest BCUT2D eigenvalue weighted by Gasteiger charge is -2.37. The molecule has 0 unspecified atom stereocenters. The second-order valence-corrected chi connectivity index (χ2v) is 6.06. The average molecular weight is 327 g/mol. The number of rotatable bonds is 4. The Labute approximate surface area is 141 Å². The molecule has 7 nitrogen and oxygen atoms in total. The fraction of sp³-hybridized carbons (Fsp3) is 0.471. The van der Waals surface area contributed by atoms with Crippen molar-refractivity contribution in [2.24, 2.45) is 0 Å². The van der Waals surface area contributed by atoms with E-state index in [1.54, 1.807) is 7.11 Å². The first-order valence-corrected chi connectivity index (χ1v) is 7.90. The van der Waals surface area contributed by atoms with Crippen molar-refractivity contribution < 1.29 is 9.26 Å². The second-order valence-electron chi connectivity index (χ2n) is 6.06. The van der Waals surface area contributed by atoms with Crippen molar-refractivity contribution >= 4 is 0 Å². The highest BCUT2D eigenvalue weighted by Gasteiger charge is 2.29. The summed E-state index contributed by atoms with van der Waals surface area (Å²) in [6.45, 7) is 5.33. The zero-order valence-corrected chi connectivity index (χ0v) is 14.2. The third-order valence-electron chi connectivity index (χ3n) is 4.35. The Kier molecular flexibility index (Phi) is 4.79. The van der Waals surface area contributed by atoms with Gasteiger partial charge in [-0.25, -0.2) is 0 Å². The second kappa shape index (κ2) is 6.99. The Hall–Kier alpha value is -2.43. The SMILES string of the molecule is COc1cc(CN2CCN(C)[C@@H](c3nc(C)no3)C2)ccc1C#N. The normalized spacial score (nSPS) is 19.2. The van der Waals surface area contributed by atoms with E-state index < -0.39 is 0 Å². The van der Waals surface area contributed by atoms with Crippen molar-refractivity contribution in [2.45, 2.75) is 19.5 Å². The summed E-state index contributed by atoms with van der Waals surface area (Å²) in [6, 6.07) is 7.96. The van der Waals surface area contributed by atoms with Crippen LogP contribution in [0.5, 0.6) is 5.75 Å². The largest absolute Gasteiger partial charge is 0.495 e. The number of benzene rings is 1. The van der Waals surface area contributed by atoms with E-state index in [9.17, 15) is 0 Å². The molecular formula is C17H21N5O2. The van der Waals surface area contributed by atoms with Crippen molar-refractivity contribution in [3.8, 4) is 11.8 Å². The summed E-state index contributed by atoms with van der Waals surface area (Å²) in [5.74, 6) is 1.94. The number of hydrogen-bond acceptors (Lipinski definition) is 7. The van der Waals surface area contributed by atoms with E-state index in [4.69, 9.17) is 14.5 Å². The van der Waals surface area contributed by atoms with Crippen molar-refractivity contribution in [3.63, 3.8) is 0 Å². The highest BCUT2D eigenvalue weighted by atomic mass is 16.5. The summed E-state index contributed by atoms with van der Waals surface area (Å²) < 4.78 is 10.6. The summed E-state index contributed by atoms with van der Waals surface area (Å²) >= 11 is 0.